The average molecular weight is 208 g/mol. The van der Waals surface area contributed by atoms with Crippen molar-refractivity contribution in [2.24, 2.45) is 0 Å². The van der Waals surface area contributed by atoms with E-state index in [0.717, 1.165) is 12.0 Å². The van der Waals surface area contributed by atoms with E-state index in [1.165, 1.54) is 13.3 Å². The van der Waals surface area contributed by atoms with Crippen LogP contribution < -0.4 is 5.32 Å². The molecule has 1 heterocycles. The van der Waals surface area contributed by atoms with Crippen molar-refractivity contribution in [2.45, 2.75) is 33.6 Å². The van der Waals surface area contributed by atoms with E-state index < -0.39 is 0 Å². The van der Waals surface area contributed by atoms with Crippen molar-refractivity contribution >= 4 is 5.91 Å². The Morgan fingerprint density at radius 3 is 2.60 bits per heavy atom. The number of aromatic nitrogens is 1. The van der Waals surface area contributed by atoms with Crippen LogP contribution in [0.2, 0.25) is 0 Å². The molecule has 0 aliphatic heterocycles. The summed E-state index contributed by atoms with van der Waals surface area (Å²) in [4.78, 5) is 14.5. The van der Waals surface area contributed by atoms with Crippen LogP contribution in [0.4, 0.5) is 0 Å². The number of carbonyl (C=O) groups is 1. The van der Waals surface area contributed by atoms with E-state index in [0.29, 0.717) is 6.54 Å². The number of rotatable bonds is 3. The Morgan fingerprint density at radius 2 is 2.13 bits per heavy atom. The standard InChI is InChI=1S/C9H12N2O.C3H8/c1-8(12)11-6-4-9-3-2-5-10-7-9;1-3-2/h2-3,5,7H,4,6H2,1H3,(H,11,12);3H2,1-2H3. The molecule has 1 rings (SSSR count). The lowest BCUT2D eigenvalue weighted by Gasteiger charge is -2.00. The minimum absolute atomic E-state index is 0.0129. The summed E-state index contributed by atoms with van der Waals surface area (Å²) in [7, 11) is 0. The summed E-state index contributed by atoms with van der Waals surface area (Å²) in [5.74, 6) is 0.0129. The molecule has 84 valence electrons. The minimum atomic E-state index is 0.0129. The molecule has 15 heavy (non-hydrogen) atoms. The van der Waals surface area contributed by atoms with Crippen LogP contribution in [-0.4, -0.2) is 17.4 Å². The Balaban J connectivity index is 0.000000583. The van der Waals surface area contributed by atoms with Gasteiger partial charge in [0.1, 0.15) is 0 Å². The van der Waals surface area contributed by atoms with Crippen LogP contribution in [0, 0.1) is 0 Å². The van der Waals surface area contributed by atoms with E-state index in [1.807, 2.05) is 18.3 Å². The van der Waals surface area contributed by atoms with Gasteiger partial charge in [-0.3, -0.25) is 9.78 Å². The molecule has 0 aliphatic rings. The SMILES string of the molecule is CC(=O)NCCc1cccnc1.CCC. The van der Waals surface area contributed by atoms with E-state index in [-0.39, 0.29) is 5.91 Å². The summed E-state index contributed by atoms with van der Waals surface area (Å²) in [5.41, 5.74) is 1.14. The van der Waals surface area contributed by atoms with Crippen molar-refractivity contribution in [1.29, 1.82) is 0 Å². The fraction of sp³-hybridized carbons (Fsp3) is 0.500. The second kappa shape index (κ2) is 9.19. The molecule has 0 radical (unpaired) electrons. The van der Waals surface area contributed by atoms with Crippen LogP contribution in [0.15, 0.2) is 24.5 Å². The largest absolute Gasteiger partial charge is 0.356 e. The number of nitrogens with one attached hydrogen (secondary N) is 1. The highest BCUT2D eigenvalue weighted by Crippen LogP contribution is 1.94. The highest BCUT2D eigenvalue weighted by molar-refractivity contribution is 5.72. The van der Waals surface area contributed by atoms with Crippen molar-refractivity contribution in [2.75, 3.05) is 6.54 Å². The van der Waals surface area contributed by atoms with E-state index in [9.17, 15) is 4.79 Å². The van der Waals surface area contributed by atoms with Crippen molar-refractivity contribution < 1.29 is 4.79 Å². The Kier molecular flexibility index (Phi) is 8.34. The molecule has 0 unspecified atom stereocenters. The topological polar surface area (TPSA) is 42.0 Å². The molecule has 1 amide bonds. The third-order valence-electron chi connectivity index (χ3n) is 1.51. The molecular weight excluding hydrogens is 188 g/mol. The molecule has 0 spiro atoms. The number of carbonyl (C=O) groups excluding carboxylic acids is 1. The Bertz CT molecular complexity index is 260. The van der Waals surface area contributed by atoms with Crippen molar-refractivity contribution in [3.63, 3.8) is 0 Å². The lowest BCUT2D eigenvalue weighted by atomic mass is 10.2. The van der Waals surface area contributed by atoms with Crippen LogP contribution in [0.5, 0.6) is 0 Å². The van der Waals surface area contributed by atoms with Gasteiger partial charge >= 0.3 is 0 Å². The average Bonchev–Trinajstić information content (AvgIpc) is 2.20. The molecule has 0 bridgehead atoms. The lowest BCUT2D eigenvalue weighted by molar-refractivity contribution is -0.118. The van der Waals surface area contributed by atoms with Gasteiger partial charge in [-0.15, -0.1) is 0 Å². The smallest absolute Gasteiger partial charge is 0.216 e. The number of hydrogen-bond acceptors (Lipinski definition) is 2. The molecule has 0 atom stereocenters. The fourth-order valence-corrected chi connectivity index (χ4v) is 0.929. The molecule has 1 aromatic rings. The third kappa shape index (κ3) is 8.94. The molecule has 1 aromatic heterocycles. The molecule has 1 N–H and O–H groups in total. The zero-order valence-electron chi connectivity index (χ0n) is 9.79. The predicted molar refractivity (Wildman–Crippen MR) is 62.6 cm³/mol. The molecule has 0 aromatic carbocycles. The maximum Gasteiger partial charge on any atom is 0.216 e. The van der Waals surface area contributed by atoms with Gasteiger partial charge in [-0.05, 0) is 18.1 Å². The van der Waals surface area contributed by atoms with Crippen LogP contribution in [-0.2, 0) is 11.2 Å². The monoisotopic (exact) mass is 208 g/mol. The van der Waals surface area contributed by atoms with Gasteiger partial charge in [-0.2, -0.15) is 0 Å². The van der Waals surface area contributed by atoms with Gasteiger partial charge in [0, 0.05) is 25.9 Å². The van der Waals surface area contributed by atoms with Crippen molar-refractivity contribution in [3.8, 4) is 0 Å². The number of nitrogens with zero attached hydrogens (tertiary/aromatic N) is 1. The van der Waals surface area contributed by atoms with Gasteiger partial charge in [0.2, 0.25) is 5.91 Å². The Hall–Kier alpha value is -1.38. The maximum absolute atomic E-state index is 10.5. The second-order valence-corrected chi connectivity index (χ2v) is 3.30. The zero-order chi connectivity index (χ0) is 11.5. The number of pyridine rings is 1. The normalized spacial score (nSPS) is 8.73. The Labute approximate surface area is 91.9 Å². The number of hydrogen-bond donors (Lipinski definition) is 1. The fourth-order valence-electron chi connectivity index (χ4n) is 0.929. The highest BCUT2D eigenvalue weighted by Gasteiger charge is 1.92. The Morgan fingerprint density at radius 1 is 1.47 bits per heavy atom. The molecule has 0 fully saturated rings. The van der Waals surface area contributed by atoms with Gasteiger partial charge in [-0.25, -0.2) is 0 Å². The summed E-state index contributed by atoms with van der Waals surface area (Å²) in [6.45, 7) is 6.45. The van der Waals surface area contributed by atoms with E-state index in [2.05, 4.69) is 24.1 Å². The van der Waals surface area contributed by atoms with Crippen LogP contribution in [0.1, 0.15) is 32.8 Å². The van der Waals surface area contributed by atoms with Crippen LogP contribution in [0.25, 0.3) is 0 Å². The molecule has 0 aliphatic carbocycles. The van der Waals surface area contributed by atoms with Crippen molar-refractivity contribution in [3.05, 3.63) is 30.1 Å². The first-order valence-electron chi connectivity index (χ1n) is 5.34. The summed E-state index contributed by atoms with van der Waals surface area (Å²) < 4.78 is 0. The third-order valence-corrected chi connectivity index (χ3v) is 1.51. The highest BCUT2D eigenvalue weighted by atomic mass is 16.1. The van der Waals surface area contributed by atoms with Gasteiger partial charge < -0.3 is 5.32 Å². The van der Waals surface area contributed by atoms with Gasteiger partial charge in [0.15, 0.2) is 0 Å². The maximum atomic E-state index is 10.5. The molecular formula is C12H20N2O. The van der Waals surface area contributed by atoms with Crippen LogP contribution >= 0.6 is 0 Å². The van der Waals surface area contributed by atoms with Gasteiger partial charge in [-0.1, -0.05) is 26.3 Å². The zero-order valence-corrected chi connectivity index (χ0v) is 9.79. The first kappa shape index (κ1) is 13.6. The first-order valence-corrected chi connectivity index (χ1v) is 5.34. The van der Waals surface area contributed by atoms with Gasteiger partial charge in [0.25, 0.3) is 0 Å². The molecule has 3 nitrogen and oxygen atoms in total. The van der Waals surface area contributed by atoms with E-state index >= 15 is 0 Å². The van der Waals surface area contributed by atoms with Crippen LogP contribution in [0.3, 0.4) is 0 Å². The quantitative estimate of drug-likeness (QED) is 0.827. The minimum Gasteiger partial charge on any atom is -0.356 e. The summed E-state index contributed by atoms with van der Waals surface area (Å²) in [6, 6.07) is 3.89. The lowest BCUT2D eigenvalue weighted by Crippen LogP contribution is -2.22. The van der Waals surface area contributed by atoms with Crippen molar-refractivity contribution in [1.82, 2.24) is 10.3 Å². The predicted octanol–water partition coefficient (Wildman–Crippen LogP) is 2.18. The second-order valence-electron chi connectivity index (χ2n) is 3.30. The first-order chi connectivity index (χ1) is 7.20. The van der Waals surface area contributed by atoms with Gasteiger partial charge in [0.05, 0.1) is 0 Å². The summed E-state index contributed by atoms with van der Waals surface area (Å²) in [5, 5.41) is 2.73. The summed E-state index contributed by atoms with van der Waals surface area (Å²) >= 11 is 0. The molecule has 0 saturated heterocycles. The molecule has 0 saturated carbocycles. The van der Waals surface area contributed by atoms with E-state index in [4.69, 9.17) is 0 Å². The number of amides is 1. The van der Waals surface area contributed by atoms with E-state index in [1.54, 1.807) is 6.20 Å². The molecule has 3 heteroatoms. The summed E-state index contributed by atoms with van der Waals surface area (Å²) in [6.07, 6.45) is 5.64.